The molecule has 1 aromatic rings. The van der Waals surface area contributed by atoms with Gasteiger partial charge in [0, 0.05) is 18.6 Å². The van der Waals surface area contributed by atoms with Gasteiger partial charge in [0.1, 0.15) is 6.04 Å². The molecule has 1 amide bonds. The third-order valence-electron chi connectivity index (χ3n) is 3.14. The predicted octanol–water partition coefficient (Wildman–Crippen LogP) is 1.08. The summed E-state index contributed by atoms with van der Waals surface area (Å²) in [6.07, 6.45) is 1.26. The van der Waals surface area contributed by atoms with E-state index in [2.05, 4.69) is 10.1 Å². The Hall–Kier alpha value is -1.57. The lowest BCUT2D eigenvalue weighted by Gasteiger charge is -2.26. The number of hydrogen-bond donors (Lipinski definition) is 1. The number of rotatable bonds is 5. The number of aliphatic carboxylic acids is 1. The highest BCUT2D eigenvalue weighted by atomic mass is 32.2. The van der Waals surface area contributed by atoms with Gasteiger partial charge in [-0.25, -0.2) is 4.79 Å². The normalized spacial score (nSPS) is 22.2. The van der Waals surface area contributed by atoms with E-state index in [1.807, 2.05) is 6.92 Å². The molecule has 2 rings (SSSR count). The van der Waals surface area contributed by atoms with Gasteiger partial charge in [0.05, 0.1) is 5.37 Å². The molecule has 2 heterocycles. The van der Waals surface area contributed by atoms with Crippen LogP contribution in [0.2, 0.25) is 0 Å². The molecule has 1 fully saturated rings. The fourth-order valence-corrected chi connectivity index (χ4v) is 3.56. The maximum atomic E-state index is 12.3. The highest BCUT2D eigenvalue weighted by molar-refractivity contribution is 8.00. The first-order valence-corrected chi connectivity index (χ1v) is 7.52. The lowest BCUT2D eigenvalue weighted by Crippen LogP contribution is -2.45. The van der Waals surface area contributed by atoms with Gasteiger partial charge in [-0.2, -0.15) is 4.98 Å². The average molecular weight is 299 g/mol. The predicted molar refractivity (Wildman–Crippen MR) is 72.2 cm³/mol. The van der Waals surface area contributed by atoms with Crippen molar-refractivity contribution < 1.29 is 19.2 Å². The van der Waals surface area contributed by atoms with Gasteiger partial charge in [-0.05, 0) is 13.3 Å². The van der Waals surface area contributed by atoms with Crippen LogP contribution in [0.15, 0.2) is 4.52 Å². The molecule has 0 aromatic carbocycles. The minimum atomic E-state index is -0.949. The molecule has 1 aliphatic rings. The van der Waals surface area contributed by atoms with E-state index in [1.165, 1.54) is 16.7 Å². The van der Waals surface area contributed by atoms with Crippen molar-refractivity contribution >= 4 is 23.6 Å². The van der Waals surface area contributed by atoms with Gasteiger partial charge in [-0.1, -0.05) is 12.1 Å². The molecule has 8 heteroatoms. The summed E-state index contributed by atoms with van der Waals surface area (Å²) in [5.74, 6) is 0.251. The standard InChI is InChI=1S/C12H17N3O4S/c1-3-11-15(8(6-20-11)12(17)18)10(16)5-4-9-13-7(2)14-19-9/h8,11H,3-6H2,1-2H3,(H,17,18). The third kappa shape index (κ3) is 3.12. The quantitative estimate of drug-likeness (QED) is 0.868. The summed E-state index contributed by atoms with van der Waals surface area (Å²) in [5.41, 5.74) is 0. The Morgan fingerprint density at radius 1 is 1.55 bits per heavy atom. The number of amides is 1. The van der Waals surface area contributed by atoms with E-state index in [-0.39, 0.29) is 17.7 Å². The number of nitrogens with zero attached hydrogens (tertiary/aromatic N) is 3. The number of hydrogen-bond acceptors (Lipinski definition) is 6. The summed E-state index contributed by atoms with van der Waals surface area (Å²) in [6.45, 7) is 3.66. The lowest BCUT2D eigenvalue weighted by molar-refractivity contribution is -0.149. The van der Waals surface area contributed by atoms with Crippen molar-refractivity contribution in [2.45, 2.75) is 44.5 Å². The van der Waals surface area contributed by atoms with E-state index in [4.69, 9.17) is 4.52 Å². The molecule has 1 N–H and O–H groups in total. The van der Waals surface area contributed by atoms with Crippen molar-refractivity contribution in [1.82, 2.24) is 15.0 Å². The first kappa shape index (κ1) is 14.8. The third-order valence-corrected chi connectivity index (χ3v) is 4.59. The lowest BCUT2D eigenvalue weighted by atomic mass is 10.2. The monoisotopic (exact) mass is 299 g/mol. The van der Waals surface area contributed by atoms with Crippen LogP contribution in [0.5, 0.6) is 0 Å². The molecule has 0 bridgehead atoms. The second-order valence-corrected chi connectivity index (χ2v) is 5.80. The van der Waals surface area contributed by atoms with Crippen LogP contribution in [-0.2, 0) is 16.0 Å². The highest BCUT2D eigenvalue weighted by Crippen LogP contribution is 2.32. The Morgan fingerprint density at radius 3 is 2.85 bits per heavy atom. The fraction of sp³-hybridized carbons (Fsp3) is 0.667. The topological polar surface area (TPSA) is 96.5 Å². The van der Waals surface area contributed by atoms with Crippen molar-refractivity contribution in [3.8, 4) is 0 Å². The van der Waals surface area contributed by atoms with Gasteiger partial charge < -0.3 is 14.5 Å². The number of carbonyl (C=O) groups is 2. The summed E-state index contributed by atoms with van der Waals surface area (Å²) in [5, 5.41) is 12.8. The van der Waals surface area contributed by atoms with Crippen LogP contribution >= 0.6 is 11.8 Å². The molecule has 1 saturated heterocycles. The average Bonchev–Trinajstić information content (AvgIpc) is 3.01. The van der Waals surface area contributed by atoms with Crippen molar-refractivity contribution in [2.75, 3.05) is 5.75 Å². The van der Waals surface area contributed by atoms with Gasteiger partial charge >= 0.3 is 5.97 Å². The van der Waals surface area contributed by atoms with Gasteiger partial charge in [0.2, 0.25) is 11.8 Å². The maximum Gasteiger partial charge on any atom is 0.327 e. The number of aryl methyl sites for hydroxylation is 2. The van der Waals surface area contributed by atoms with E-state index in [1.54, 1.807) is 6.92 Å². The zero-order valence-electron chi connectivity index (χ0n) is 11.4. The van der Waals surface area contributed by atoms with Crippen LogP contribution in [0.25, 0.3) is 0 Å². The minimum Gasteiger partial charge on any atom is -0.480 e. The van der Waals surface area contributed by atoms with Crippen LogP contribution in [0.4, 0.5) is 0 Å². The van der Waals surface area contributed by atoms with E-state index < -0.39 is 12.0 Å². The summed E-state index contributed by atoms with van der Waals surface area (Å²) in [7, 11) is 0. The van der Waals surface area contributed by atoms with Crippen LogP contribution in [-0.4, -0.2) is 49.2 Å². The fourth-order valence-electron chi connectivity index (χ4n) is 2.19. The van der Waals surface area contributed by atoms with E-state index in [0.717, 1.165) is 6.42 Å². The van der Waals surface area contributed by atoms with Crippen LogP contribution in [0.3, 0.4) is 0 Å². The van der Waals surface area contributed by atoms with Gasteiger partial charge in [0.25, 0.3) is 0 Å². The minimum absolute atomic E-state index is 0.0620. The molecule has 2 unspecified atom stereocenters. The molecule has 20 heavy (non-hydrogen) atoms. The van der Waals surface area contributed by atoms with E-state index in [0.29, 0.717) is 23.9 Å². The van der Waals surface area contributed by atoms with Crippen LogP contribution < -0.4 is 0 Å². The van der Waals surface area contributed by atoms with Crippen LogP contribution in [0.1, 0.15) is 31.5 Å². The smallest absolute Gasteiger partial charge is 0.327 e. The first-order chi connectivity index (χ1) is 9.52. The highest BCUT2D eigenvalue weighted by Gasteiger charge is 2.40. The molecule has 0 aliphatic carbocycles. The molecule has 1 aromatic heterocycles. The van der Waals surface area contributed by atoms with Crippen LogP contribution in [0, 0.1) is 6.92 Å². The first-order valence-electron chi connectivity index (χ1n) is 6.47. The number of carboxylic acid groups (broad SMARTS) is 1. The van der Waals surface area contributed by atoms with Gasteiger partial charge in [-0.3, -0.25) is 4.79 Å². The number of carbonyl (C=O) groups excluding carboxylic acids is 1. The Bertz CT molecular complexity index is 505. The summed E-state index contributed by atoms with van der Waals surface area (Å²) < 4.78 is 4.95. The summed E-state index contributed by atoms with van der Waals surface area (Å²) in [6, 6.07) is -0.734. The Morgan fingerprint density at radius 2 is 2.30 bits per heavy atom. The van der Waals surface area contributed by atoms with Crippen molar-refractivity contribution in [3.63, 3.8) is 0 Å². The summed E-state index contributed by atoms with van der Waals surface area (Å²) in [4.78, 5) is 29.0. The van der Waals surface area contributed by atoms with E-state index >= 15 is 0 Å². The van der Waals surface area contributed by atoms with Gasteiger partial charge in [0.15, 0.2) is 5.82 Å². The second-order valence-electron chi connectivity index (χ2n) is 4.59. The van der Waals surface area contributed by atoms with E-state index in [9.17, 15) is 14.7 Å². The molecule has 0 spiro atoms. The largest absolute Gasteiger partial charge is 0.480 e. The molecule has 0 radical (unpaired) electrons. The molecular formula is C12H17N3O4S. The number of aromatic nitrogens is 2. The molecule has 0 saturated carbocycles. The van der Waals surface area contributed by atoms with Gasteiger partial charge in [-0.15, -0.1) is 11.8 Å². The molecule has 1 aliphatic heterocycles. The Labute approximate surface area is 120 Å². The maximum absolute atomic E-state index is 12.3. The molecular weight excluding hydrogens is 282 g/mol. The second kappa shape index (κ2) is 6.25. The Balaban J connectivity index is 2.00. The zero-order chi connectivity index (χ0) is 14.7. The Kier molecular flexibility index (Phi) is 4.64. The molecule has 110 valence electrons. The van der Waals surface area contributed by atoms with Crippen molar-refractivity contribution in [2.24, 2.45) is 0 Å². The van der Waals surface area contributed by atoms with Crippen molar-refractivity contribution in [3.05, 3.63) is 11.7 Å². The molecule has 2 atom stereocenters. The van der Waals surface area contributed by atoms with Crippen molar-refractivity contribution in [1.29, 1.82) is 0 Å². The zero-order valence-corrected chi connectivity index (χ0v) is 12.2. The molecule has 7 nitrogen and oxygen atoms in total. The summed E-state index contributed by atoms with van der Waals surface area (Å²) >= 11 is 1.51. The number of carboxylic acids is 1. The SMILES string of the molecule is CCC1SCC(C(=O)O)N1C(=O)CCc1nc(C)no1. The number of thioether (sulfide) groups is 1.